The van der Waals surface area contributed by atoms with Gasteiger partial charge in [0.25, 0.3) is 6.43 Å². The van der Waals surface area contributed by atoms with Gasteiger partial charge in [0.1, 0.15) is 0 Å². The van der Waals surface area contributed by atoms with Crippen molar-refractivity contribution < 1.29 is 13.5 Å². The van der Waals surface area contributed by atoms with E-state index in [0.717, 1.165) is 3.57 Å². The Morgan fingerprint density at radius 1 is 1.50 bits per heavy atom. The zero-order chi connectivity index (χ0) is 8.97. The Kier molecular flexibility index (Phi) is 3.64. The second-order valence-corrected chi connectivity index (χ2v) is 3.26. The van der Waals surface area contributed by atoms with E-state index in [2.05, 4.69) is 32.3 Å². The van der Waals surface area contributed by atoms with Gasteiger partial charge in [-0.25, -0.2) is 13.8 Å². The van der Waals surface area contributed by atoms with Gasteiger partial charge in [-0.3, -0.25) is 0 Å². The van der Waals surface area contributed by atoms with Crippen molar-refractivity contribution in [3.63, 3.8) is 0 Å². The summed E-state index contributed by atoms with van der Waals surface area (Å²) in [4.78, 5) is 3.79. The fourth-order valence-electron chi connectivity index (χ4n) is 0.596. The molecule has 1 heterocycles. The van der Waals surface area contributed by atoms with Gasteiger partial charge in [-0.2, -0.15) is 0 Å². The smallest absolute Gasteiger partial charge is 0.272 e. The van der Waals surface area contributed by atoms with E-state index in [1.165, 1.54) is 0 Å². The molecule has 1 aromatic rings. The number of ether oxygens (including phenoxy) is 1. The highest BCUT2D eigenvalue weighted by molar-refractivity contribution is 14.1. The molecule has 2 nitrogen and oxygen atoms in total. The monoisotopic (exact) mass is 285 g/mol. The molecule has 0 fully saturated rings. The summed E-state index contributed by atoms with van der Waals surface area (Å²) in [5.74, 6) is 0.232. The zero-order valence-electron chi connectivity index (χ0n) is 6.01. The molecule has 1 aromatic heterocycles. The van der Waals surface area contributed by atoms with Crippen LogP contribution in [0.3, 0.4) is 0 Å². The van der Waals surface area contributed by atoms with Crippen LogP contribution in [-0.4, -0.2) is 18.0 Å². The molecule has 12 heavy (non-hydrogen) atoms. The molecule has 0 aliphatic rings. The number of nitrogens with zero attached hydrogens (tertiary/aromatic N) is 1. The Balaban J connectivity index is 2.48. The van der Waals surface area contributed by atoms with Crippen molar-refractivity contribution in [1.82, 2.24) is 4.98 Å². The third-order valence-corrected chi connectivity index (χ3v) is 1.70. The lowest BCUT2D eigenvalue weighted by Crippen LogP contribution is -2.07. The van der Waals surface area contributed by atoms with E-state index in [1.807, 2.05) is 0 Å². The number of halogens is 3. The summed E-state index contributed by atoms with van der Waals surface area (Å²) in [6, 6.07) is 3.30. The van der Waals surface area contributed by atoms with Gasteiger partial charge in [0.15, 0.2) is 6.61 Å². The molecule has 0 unspecified atom stereocenters. The number of rotatable bonds is 3. The summed E-state index contributed by atoms with van der Waals surface area (Å²) in [6.45, 7) is -0.604. The molecule has 0 saturated heterocycles. The molecule has 0 radical (unpaired) electrons. The SMILES string of the molecule is FC(F)COc1ccc(I)cn1. The van der Waals surface area contributed by atoms with E-state index < -0.39 is 13.0 Å². The summed E-state index contributed by atoms with van der Waals surface area (Å²) < 4.78 is 28.9. The van der Waals surface area contributed by atoms with Gasteiger partial charge < -0.3 is 4.74 Å². The van der Waals surface area contributed by atoms with E-state index in [9.17, 15) is 8.78 Å². The summed E-state index contributed by atoms with van der Waals surface area (Å²) in [5, 5.41) is 0. The molecule has 1 rings (SSSR count). The molecule has 0 bridgehead atoms. The first-order valence-electron chi connectivity index (χ1n) is 3.21. The van der Waals surface area contributed by atoms with Crippen molar-refractivity contribution in [2.45, 2.75) is 6.43 Å². The molecule has 0 amide bonds. The van der Waals surface area contributed by atoms with E-state index >= 15 is 0 Å². The van der Waals surface area contributed by atoms with Gasteiger partial charge >= 0.3 is 0 Å². The van der Waals surface area contributed by atoms with Crippen molar-refractivity contribution >= 4 is 22.6 Å². The molecule has 0 aliphatic carbocycles. The van der Waals surface area contributed by atoms with E-state index in [1.54, 1.807) is 18.3 Å². The zero-order valence-corrected chi connectivity index (χ0v) is 8.16. The summed E-state index contributed by atoms with van der Waals surface area (Å²) >= 11 is 2.07. The quantitative estimate of drug-likeness (QED) is 0.795. The van der Waals surface area contributed by atoms with Crippen LogP contribution in [0.25, 0.3) is 0 Å². The van der Waals surface area contributed by atoms with Gasteiger partial charge in [0.2, 0.25) is 5.88 Å². The lowest BCUT2D eigenvalue weighted by atomic mass is 10.5. The normalized spacial score (nSPS) is 10.3. The third kappa shape index (κ3) is 3.29. The summed E-state index contributed by atoms with van der Waals surface area (Å²) in [5.41, 5.74) is 0. The predicted octanol–water partition coefficient (Wildman–Crippen LogP) is 2.33. The first-order chi connectivity index (χ1) is 5.68. The second kappa shape index (κ2) is 4.54. The molecule has 5 heteroatoms. The van der Waals surface area contributed by atoms with Crippen molar-refractivity contribution in [3.8, 4) is 5.88 Å². The number of hydrogen-bond donors (Lipinski definition) is 0. The van der Waals surface area contributed by atoms with Crippen molar-refractivity contribution in [2.75, 3.05) is 6.61 Å². The second-order valence-electron chi connectivity index (χ2n) is 2.02. The predicted molar refractivity (Wildman–Crippen MR) is 48.5 cm³/mol. The lowest BCUT2D eigenvalue weighted by molar-refractivity contribution is 0.0796. The Morgan fingerprint density at radius 2 is 2.25 bits per heavy atom. The summed E-state index contributed by atoms with van der Waals surface area (Å²) in [6.07, 6.45) is -0.896. The lowest BCUT2D eigenvalue weighted by Gasteiger charge is -2.02. The first kappa shape index (κ1) is 9.63. The van der Waals surface area contributed by atoms with E-state index in [-0.39, 0.29) is 5.88 Å². The van der Waals surface area contributed by atoms with Gasteiger partial charge in [-0.15, -0.1) is 0 Å². The van der Waals surface area contributed by atoms with Crippen molar-refractivity contribution in [1.29, 1.82) is 0 Å². The van der Waals surface area contributed by atoms with Crippen LogP contribution < -0.4 is 4.74 Å². The molecule has 0 atom stereocenters. The van der Waals surface area contributed by atoms with Crippen LogP contribution in [0.5, 0.6) is 5.88 Å². The Bertz CT molecular complexity index is 240. The minimum absolute atomic E-state index is 0.232. The van der Waals surface area contributed by atoms with Gasteiger partial charge in [-0.05, 0) is 28.7 Å². The topological polar surface area (TPSA) is 22.1 Å². The van der Waals surface area contributed by atoms with Crippen LogP contribution in [0, 0.1) is 3.57 Å². The van der Waals surface area contributed by atoms with Crippen LogP contribution in [0.2, 0.25) is 0 Å². The van der Waals surface area contributed by atoms with Gasteiger partial charge in [-0.1, -0.05) is 0 Å². The standard InChI is InChI=1S/C7H6F2INO/c8-6(9)4-12-7-2-1-5(10)3-11-7/h1-3,6H,4H2. The Labute approximate surface area is 82.1 Å². The molecule has 0 aliphatic heterocycles. The van der Waals surface area contributed by atoms with Crippen molar-refractivity contribution in [2.24, 2.45) is 0 Å². The van der Waals surface area contributed by atoms with E-state index in [4.69, 9.17) is 0 Å². The summed E-state index contributed by atoms with van der Waals surface area (Å²) in [7, 11) is 0. The highest BCUT2D eigenvalue weighted by atomic mass is 127. The van der Waals surface area contributed by atoms with Gasteiger partial charge in [0, 0.05) is 15.8 Å². The average molecular weight is 285 g/mol. The number of hydrogen-bond acceptors (Lipinski definition) is 2. The largest absolute Gasteiger partial charge is 0.472 e. The van der Waals surface area contributed by atoms with E-state index in [0.29, 0.717) is 0 Å². The van der Waals surface area contributed by atoms with Crippen molar-refractivity contribution in [3.05, 3.63) is 21.9 Å². The fourth-order valence-corrected chi connectivity index (χ4v) is 0.915. The van der Waals surface area contributed by atoms with Crippen LogP contribution in [0.15, 0.2) is 18.3 Å². The van der Waals surface area contributed by atoms with Crippen LogP contribution in [-0.2, 0) is 0 Å². The molecular formula is C7H6F2INO. The highest BCUT2D eigenvalue weighted by Gasteiger charge is 2.03. The van der Waals surface area contributed by atoms with Crippen LogP contribution in [0.4, 0.5) is 8.78 Å². The highest BCUT2D eigenvalue weighted by Crippen LogP contribution is 2.09. The Hall–Kier alpha value is -0.460. The maximum absolute atomic E-state index is 11.6. The first-order valence-corrected chi connectivity index (χ1v) is 4.29. The minimum Gasteiger partial charge on any atom is -0.472 e. The molecule has 0 saturated carbocycles. The fraction of sp³-hybridized carbons (Fsp3) is 0.286. The molecule has 0 aromatic carbocycles. The van der Waals surface area contributed by atoms with Crippen LogP contribution >= 0.6 is 22.6 Å². The minimum atomic E-state index is -2.45. The van der Waals surface area contributed by atoms with Crippen LogP contribution in [0.1, 0.15) is 0 Å². The number of alkyl halides is 2. The average Bonchev–Trinajstić information content (AvgIpc) is 2.03. The van der Waals surface area contributed by atoms with Gasteiger partial charge in [0.05, 0.1) is 0 Å². The molecule has 0 spiro atoms. The third-order valence-electron chi connectivity index (χ3n) is 1.06. The number of pyridine rings is 1. The maximum Gasteiger partial charge on any atom is 0.272 e. The molecule has 0 N–H and O–H groups in total. The maximum atomic E-state index is 11.6. The molecule has 66 valence electrons. The molecular weight excluding hydrogens is 279 g/mol. The number of aromatic nitrogens is 1. The Morgan fingerprint density at radius 3 is 2.75 bits per heavy atom.